The summed E-state index contributed by atoms with van der Waals surface area (Å²) in [6, 6.07) is 0.729. The van der Waals surface area contributed by atoms with Crippen LogP contribution in [0.5, 0.6) is 0 Å². The van der Waals surface area contributed by atoms with Crippen molar-refractivity contribution in [3.8, 4) is 0 Å². The predicted molar refractivity (Wildman–Crippen MR) is 55.4 cm³/mol. The highest BCUT2D eigenvalue weighted by Crippen LogP contribution is 2.12. The van der Waals surface area contributed by atoms with Crippen molar-refractivity contribution in [3.63, 3.8) is 0 Å². The summed E-state index contributed by atoms with van der Waals surface area (Å²) in [5, 5.41) is 2.64. The fraction of sp³-hybridized carbons (Fsp3) is 0.222. The number of carbonyl (C=O) groups is 2. The average Bonchev–Trinajstić information content (AvgIpc) is 2.18. The van der Waals surface area contributed by atoms with Crippen LogP contribution in [-0.4, -0.2) is 22.8 Å². The van der Waals surface area contributed by atoms with E-state index in [0.29, 0.717) is 0 Å². The van der Waals surface area contributed by atoms with Crippen LogP contribution in [0.2, 0.25) is 5.02 Å². The number of amides is 2. The van der Waals surface area contributed by atoms with Crippen molar-refractivity contribution in [1.29, 1.82) is 0 Å². The van der Waals surface area contributed by atoms with Gasteiger partial charge in [0.25, 0.3) is 5.91 Å². The van der Waals surface area contributed by atoms with E-state index in [-0.39, 0.29) is 10.6 Å². The van der Waals surface area contributed by atoms with E-state index >= 15 is 0 Å². The average molecular weight is 228 g/mol. The van der Waals surface area contributed by atoms with Gasteiger partial charge in [-0.2, -0.15) is 0 Å². The Morgan fingerprint density at radius 2 is 2.27 bits per heavy atom. The maximum absolute atomic E-state index is 11.5. The molecular formula is C9H10ClN3O2. The van der Waals surface area contributed by atoms with Gasteiger partial charge in [0.2, 0.25) is 5.91 Å². The van der Waals surface area contributed by atoms with Crippen LogP contribution >= 0.6 is 11.6 Å². The van der Waals surface area contributed by atoms with E-state index in [1.165, 1.54) is 25.4 Å². The van der Waals surface area contributed by atoms with Gasteiger partial charge in [-0.15, -0.1) is 0 Å². The molecule has 15 heavy (non-hydrogen) atoms. The van der Waals surface area contributed by atoms with Gasteiger partial charge in [0.15, 0.2) is 0 Å². The lowest BCUT2D eigenvalue weighted by Crippen LogP contribution is -2.42. The summed E-state index contributed by atoms with van der Waals surface area (Å²) in [6.45, 7) is 1.50. The third-order valence-corrected chi connectivity index (χ3v) is 2.09. The predicted octanol–water partition coefficient (Wildman–Crippen LogP) is 0.339. The SMILES string of the molecule is C[C@H](NC(=O)c1ccncc1Cl)C(N)=O. The van der Waals surface area contributed by atoms with Crippen molar-refractivity contribution in [2.24, 2.45) is 5.73 Å². The molecule has 1 rings (SSSR count). The van der Waals surface area contributed by atoms with E-state index in [1.807, 2.05) is 0 Å². The first-order valence-electron chi connectivity index (χ1n) is 4.22. The minimum absolute atomic E-state index is 0.228. The molecule has 0 aliphatic carbocycles. The molecule has 1 aromatic rings. The Balaban J connectivity index is 2.78. The number of primary amides is 1. The maximum Gasteiger partial charge on any atom is 0.253 e. The summed E-state index contributed by atoms with van der Waals surface area (Å²) in [4.78, 5) is 26.0. The molecule has 80 valence electrons. The largest absolute Gasteiger partial charge is 0.368 e. The minimum Gasteiger partial charge on any atom is -0.368 e. The molecule has 0 saturated heterocycles. The van der Waals surface area contributed by atoms with Gasteiger partial charge in [-0.3, -0.25) is 14.6 Å². The quantitative estimate of drug-likeness (QED) is 0.781. The second-order valence-corrected chi connectivity index (χ2v) is 3.36. The smallest absolute Gasteiger partial charge is 0.253 e. The van der Waals surface area contributed by atoms with E-state index < -0.39 is 17.9 Å². The maximum atomic E-state index is 11.5. The number of carbonyl (C=O) groups excluding carboxylic acids is 2. The lowest BCUT2D eigenvalue weighted by Gasteiger charge is -2.10. The zero-order valence-electron chi connectivity index (χ0n) is 8.03. The Bertz CT molecular complexity index is 395. The number of aromatic nitrogens is 1. The first kappa shape index (κ1) is 11.5. The van der Waals surface area contributed by atoms with Crippen LogP contribution in [0.1, 0.15) is 17.3 Å². The molecule has 0 bridgehead atoms. The van der Waals surface area contributed by atoms with Gasteiger partial charge >= 0.3 is 0 Å². The Morgan fingerprint density at radius 3 is 2.80 bits per heavy atom. The molecule has 0 unspecified atom stereocenters. The number of nitrogens with two attached hydrogens (primary N) is 1. The molecule has 0 aromatic carbocycles. The molecule has 0 aliphatic rings. The molecular weight excluding hydrogens is 218 g/mol. The van der Waals surface area contributed by atoms with Crippen LogP contribution in [0, 0.1) is 0 Å². The van der Waals surface area contributed by atoms with E-state index in [2.05, 4.69) is 10.3 Å². The van der Waals surface area contributed by atoms with Crippen LogP contribution in [0.3, 0.4) is 0 Å². The summed E-state index contributed by atoms with van der Waals surface area (Å²) < 4.78 is 0. The van der Waals surface area contributed by atoms with Gasteiger partial charge in [-0.1, -0.05) is 11.6 Å². The summed E-state index contributed by atoms with van der Waals surface area (Å²) >= 11 is 5.74. The fourth-order valence-electron chi connectivity index (χ4n) is 0.905. The first-order valence-corrected chi connectivity index (χ1v) is 4.60. The van der Waals surface area contributed by atoms with Gasteiger partial charge in [-0.05, 0) is 13.0 Å². The zero-order valence-corrected chi connectivity index (χ0v) is 8.78. The molecule has 5 nitrogen and oxygen atoms in total. The number of hydrogen-bond donors (Lipinski definition) is 2. The Hall–Kier alpha value is -1.62. The van der Waals surface area contributed by atoms with Crippen molar-refractivity contribution in [3.05, 3.63) is 29.0 Å². The standard InChI is InChI=1S/C9H10ClN3O2/c1-5(8(11)14)13-9(15)6-2-3-12-4-7(6)10/h2-5H,1H3,(H2,11,14)(H,13,15)/t5-/m0/s1. The normalized spacial score (nSPS) is 11.9. The van der Waals surface area contributed by atoms with Gasteiger partial charge in [-0.25, -0.2) is 0 Å². The molecule has 1 atom stereocenters. The lowest BCUT2D eigenvalue weighted by atomic mass is 10.2. The van der Waals surface area contributed by atoms with Crippen molar-refractivity contribution < 1.29 is 9.59 Å². The highest BCUT2D eigenvalue weighted by Gasteiger charge is 2.15. The first-order chi connectivity index (χ1) is 7.02. The summed E-state index contributed by atoms with van der Waals surface area (Å²) in [7, 11) is 0. The molecule has 0 radical (unpaired) electrons. The molecule has 3 N–H and O–H groups in total. The molecule has 0 fully saturated rings. The number of rotatable bonds is 3. The van der Waals surface area contributed by atoms with Crippen molar-refractivity contribution in [2.75, 3.05) is 0 Å². The van der Waals surface area contributed by atoms with Gasteiger partial charge in [0.05, 0.1) is 10.6 Å². The van der Waals surface area contributed by atoms with E-state index in [4.69, 9.17) is 17.3 Å². The van der Waals surface area contributed by atoms with E-state index in [1.54, 1.807) is 0 Å². The highest BCUT2D eigenvalue weighted by atomic mass is 35.5. The Morgan fingerprint density at radius 1 is 1.60 bits per heavy atom. The number of nitrogens with one attached hydrogen (secondary N) is 1. The number of hydrogen-bond acceptors (Lipinski definition) is 3. The van der Waals surface area contributed by atoms with Crippen LogP contribution in [0.25, 0.3) is 0 Å². The third kappa shape index (κ3) is 2.92. The molecule has 1 aromatic heterocycles. The fourth-order valence-corrected chi connectivity index (χ4v) is 1.11. The van der Waals surface area contributed by atoms with Gasteiger partial charge < -0.3 is 11.1 Å². The summed E-state index contributed by atoms with van der Waals surface area (Å²) in [5.41, 5.74) is 5.27. The second kappa shape index (κ2) is 4.75. The molecule has 0 aliphatic heterocycles. The van der Waals surface area contributed by atoms with Gasteiger partial charge in [0.1, 0.15) is 6.04 Å². The van der Waals surface area contributed by atoms with Crippen molar-refractivity contribution >= 4 is 23.4 Å². The molecule has 2 amide bonds. The van der Waals surface area contributed by atoms with Crippen LogP contribution in [0.15, 0.2) is 18.5 Å². The number of pyridine rings is 1. The summed E-state index contributed by atoms with van der Waals surface area (Å²) in [6.07, 6.45) is 2.79. The zero-order chi connectivity index (χ0) is 11.4. The Kier molecular flexibility index (Phi) is 3.62. The third-order valence-electron chi connectivity index (χ3n) is 1.79. The monoisotopic (exact) mass is 227 g/mol. The van der Waals surface area contributed by atoms with E-state index in [9.17, 15) is 9.59 Å². The highest BCUT2D eigenvalue weighted by molar-refractivity contribution is 6.33. The number of halogens is 1. The molecule has 1 heterocycles. The Labute approximate surface area is 91.6 Å². The molecule has 0 saturated carbocycles. The van der Waals surface area contributed by atoms with Crippen molar-refractivity contribution in [1.82, 2.24) is 10.3 Å². The minimum atomic E-state index is -0.735. The van der Waals surface area contributed by atoms with Crippen LogP contribution in [0.4, 0.5) is 0 Å². The second-order valence-electron chi connectivity index (χ2n) is 2.95. The van der Waals surface area contributed by atoms with Gasteiger partial charge in [0, 0.05) is 12.4 Å². The van der Waals surface area contributed by atoms with Crippen LogP contribution < -0.4 is 11.1 Å². The lowest BCUT2D eigenvalue weighted by molar-refractivity contribution is -0.119. The van der Waals surface area contributed by atoms with E-state index in [0.717, 1.165) is 0 Å². The molecule has 6 heteroatoms. The van der Waals surface area contributed by atoms with Crippen LogP contribution in [-0.2, 0) is 4.79 Å². The number of nitrogens with zero attached hydrogens (tertiary/aromatic N) is 1. The summed E-state index contributed by atoms with van der Waals surface area (Å²) in [5.74, 6) is -1.05. The molecule has 0 spiro atoms. The topological polar surface area (TPSA) is 85.1 Å². The van der Waals surface area contributed by atoms with Crippen molar-refractivity contribution in [2.45, 2.75) is 13.0 Å².